The van der Waals surface area contributed by atoms with Gasteiger partial charge in [-0.15, -0.1) is 0 Å². The number of nitrogens with one attached hydrogen (secondary N) is 2. The Kier molecular flexibility index (Phi) is 8.25. The largest absolute Gasteiger partial charge is 0.496 e. The third kappa shape index (κ3) is 6.38. The summed E-state index contributed by atoms with van der Waals surface area (Å²) in [5.74, 6) is 0.229. The number of amides is 2. The number of hydrogen-bond donors (Lipinski definition) is 2. The fraction of sp³-hybridized carbons (Fsp3) is 0.350. The summed E-state index contributed by atoms with van der Waals surface area (Å²) >= 11 is 0. The molecular formula is C20H25N3O4. The molecule has 1 aromatic heterocycles. The number of carbonyl (C=O) groups excluding carboxylic acids is 2. The molecule has 0 fully saturated rings. The highest BCUT2D eigenvalue weighted by Crippen LogP contribution is 2.17. The molecule has 1 heterocycles. The van der Waals surface area contributed by atoms with Crippen molar-refractivity contribution in [3.05, 3.63) is 59.4 Å². The molecule has 0 atom stereocenters. The molecule has 0 aliphatic carbocycles. The molecule has 0 radical (unpaired) electrons. The van der Waals surface area contributed by atoms with E-state index in [1.807, 2.05) is 24.3 Å². The highest BCUT2D eigenvalue weighted by atomic mass is 16.5. The van der Waals surface area contributed by atoms with E-state index in [2.05, 4.69) is 15.6 Å². The predicted molar refractivity (Wildman–Crippen MR) is 102 cm³/mol. The van der Waals surface area contributed by atoms with Gasteiger partial charge in [0.15, 0.2) is 0 Å². The normalized spacial score (nSPS) is 10.3. The highest BCUT2D eigenvalue weighted by Gasteiger charge is 2.12. The maximum absolute atomic E-state index is 12.3. The van der Waals surface area contributed by atoms with Gasteiger partial charge in [0, 0.05) is 38.6 Å². The van der Waals surface area contributed by atoms with Crippen LogP contribution in [-0.4, -0.2) is 50.7 Å². The van der Waals surface area contributed by atoms with Crippen molar-refractivity contribution in [1.29, 1.82) is 0 Å². The first-order chi connectivity index (χ1) is 13.2. The standard InChI is InChI=1S/C20H25N3O4/c1-26-13-5-10-22-19(24)16-9-11-21-17(14-16)20(25)23-12-8-15-6-3-4-7-18(15)27-2/h3-4,6-7,9,11,14H,5,8,10,12-13H2,1-2H3,(H,22,24)(H,23,25). The quantitative estimate of drug-likeness (QED) is 0.622. The lowest BCUT2D eigenvalue weighted by Crippen LogP contribution is -2.28. The second kappa shape index (κ2) is 10.9. The zero-order valence-electron chi connectivity index (χ0n) is 15.7. The van der Waals surface area contributed by atoms with E-state index in [9.17, 15) is 9.59 Å². The van der Waals surface area contributed by atoms with Crippen molar-refractivity contribution in [2.75, 3.05) is 33.9 Å². The number of methoxy groups -OCH3 is 2. The SMILES string of the molecule is COCCCNC(=O)c1ccnc(C(=O)NCCc2ccccc2OC)c1. The van der Waals surface area contributed by atoms with Gasteiger partial charge in [-0.1, -0.05) is 18.2 Å². The number of ether oxygens (including phenoxy) is 2. The molecule has 144 valence electrons. The van der Waals surface area contributed by atoms with Crippen LogP contribution in [0.15, 0.2) is 42.6 Å². The molecule has 7 heteroatoms. The summed E-state index contributed by atoms with van der Waals surface area (Å²) in [6.07, 6.45) is 2.82. The van der Waals surface area contributed by atoms with Gasteiger partial charge in [0.2, 0.25) is 0 Å². The number of aromatic nitrogens is 1. The van der Waals surface area contributed by atoms with Crippen LogP contribution in [-0.2, 0) is 11.2 Å². The van der Waals surface area contributed by atoms with Gasteiger partial charge in [-0.05, 0) is 36.6 Å². The van der Waals surface area contributed by atoms with Crippen molar-refractivity contribution in [3.63, 3.8) is 0 Å². The Morgan fingerprint density at radius 2 is 1.81 bits per heavy atom. The topological polar surface area (TPSA) is 89.5 Å². The first-order valence-electron chi connectivity index (χ1n) is 8.79. The molecule has 2 amide bonds. The van der Waals surface area contributed by atoms with Crippen LogP contribution in [0, 0.1) is 0 Å². The van der Waals surface area contributed by atoms with Crippen LogP contribution in [0.2, 0.25) is 0 Å². The minimum Gasteiger partial charge on any atom is -0.496 e. The number of hydrogen-bond acceptors (Lipinski definition) is 5. The first-order valence-corrected chi connectivity index (χ1v) is 8.79. The van der Waals surface area contributed by atoms with Crippen LogP contribution in [0.25, 0.3) is 0 Å². The average molecular weight is 371 g/mol. The van der Waals surface area contributed by atoms with Crippen molar-refractivity contribution >= 4 is 11.8 Å². The summed E-state index contributed by atoms with van der Waals surface area (Å²) in [6.45, 7) is 1.53. The molecule has 0 spiro atoms. The lowest BCUT2D eigenvalue weighted by atomic mass is 10.1. The van der Waals surface area contributed by atoms with Gasteiger partial charge in [0.05, 0.1) is 7.11 Å². The van der Waals surface area contributed by atoms with Gasteiger partial charge in [-0.2, -0.15) is 0 Å². The van der Waals surface area contributed by atoms with Gasteiger partial charge in [0.25, 0.3) is 11.8 Å². The Hall–Kier alpha value is -2.93. The monoisotopic (exact) mass is 371 g/mol. The molecule has 0 saturated heterocycles. The Balaban J connectivity index is 1.88. The molecule has 0 aliphatic heterocycles. The second-order valence-electron chi connectivity index (χ2n) is 5.85. The van der Waals surface area contributed by atoms with Crippen LogP contribution < -0.4 is 15.4 Å². The molecule has 2 rings (SSSR count). The van der Waals surface area contributed by atoms with E-state index in [0.717, 1.165) is 17.7 Å². The van der Waals surface area contributed by atoms with E-state index < -0.39 is 0 Å². The zero-order valence-corrected chi connectivity index (χ0v) is 15.7. The van der Waals surface area contributed by atoms with Crippen LogP contribution in [0.5, 0.6) is 5.75 Å². The Labute approximate surface area is 159 Å². The van der Waals surface area contributed by atoms with Gasteiger partial charge >= 0.3 is 0 Å². The first kappa shape index (κ1) is 20.4. The van der Waals surface area contributed by atoms with E-state index in [1.54, 1.807) is 20.3 Å². The van der Waals surface area contributed by atoms with E-state index in [-0.39, 0.29) is 17.5 Å². The summed E-state index contributed by atoms with van der Waals surface area (Å²) in [5.41, 5.74) is 1.62. The lowest BCUT2D eigenvalue weighted by molar-refractivity contribution is 0.0948. The third-order valence-corrected chi connectivity index (χ3v) is 3.94. The smallest absolute Gasteiger partial charge is 0.269 e. The molecule has 0 bridgehead atoms. The Bertz CT molecular complexity index is 764. The molecule has 0 saturated carbocycles. The van der Waals surface area contributed by atoms with Crippen molar-refractivity contribution in [2.24, 2.45) is 0 Å². The molecule has 7 nitrogen and oxygen atoms in total. The van der Waals surface area contributed by atoms with Crippen LogP contribution >= 0.6 is 0 Å². The molecule has 0 unspecified atom stereocenters. The maximum Gasteiger partial charge on any atom is 0.269 e. The molecule has 2 N–H and O–H groups in total. The summed E-state index contributed by atoms with van der Waals surface area (Å²) < 4.78 is 10.2. The number of carbonyl (C=O) groups is 2. The lowest BCUT2D eigenvalue weighted by Gasteiger charge is -2.09. The van der Waals surface area contributed by atoms with Gasteiger partial charge in [-0.25, -0.2) is 0 Å². The number of para-hydroxylation sites is 1. The summed E-state index contributed by atoms with van der Waals surface area (Å²) in [5, 5.41) is 5.60. The van der Waals surface area contributed by atoms with Crippen LogP contribution in [0.4, 0.5) is 0 Å². The van der Waals surface area contributed by atoms with Gasteiger partial charge in [0.1, 0.15) is 11.4 Å². The Morgan fingerprint density at radius 3 is 2.59 bits per heavy atom. The molecule has 2 aromatic rings. The predicted octanol–water partition coefficient (Wildman–Crippen LogP) is 1.83. The minimum absolute atomic E-state index is 0.208. The van der Waals surface area contributed by atoms with Crippen molar-refractivity contribution in [2.45, 2.75) is 12.8 Å². The van der Waals surface area contributed by atoms with Crippen molar-refractivity contribution < 1.29 is 19.1 Å². The second-order valence-corrected chi connectivity index (χ2v) is 5.85. The molecule has 0 aliphatic rings. The minimum atomic E-state index is -0.320. The average Bonchev–Trinajstić information content (AvgIpc) is 2.71. The van der Waals surface area contributed by atoms with Gasteiger partial charge < -0.3 is 20.1 Å². The number of pyridine rings is 1. The summed E-state index contributed by atoms with van der Waals surface area (Å²) in [4.78, 5) is 28.5. The maximum atomic E-state index is 12.3. The van der Waals surface area contributed by atoms with Crippen LogP contribution in [0.3, 0.4) is 0 Å². The molecule has 1 aromatic carbocycles. The fourth-order valence-electron chi connectivity index (χ4n) is 2.53. The number of nitrogens with zero attached hydrogens (tertiary/aromatic N) is 1. The zero-order chi connectivity index (χ0) is 19.5. The molecular weight excluding hydrogens is 346 g/mol. The number of benzene rings is 1. The third-order valence-electron chi connectivity index (χ3n) is 3.94. The van der Waals surface area contributed by atoms with E-state index >= 15 is 0 Å². The van der Waals surface area contributed by atoms with E-state index in [4.69, 9.17) is 9.47 Å². The summed E-state index contributed by atoms with van der Waals surface area (Å²) in [6, 6.07) is 10.7. The van der Waals surface area contributed by atoms with E-state index in [0.29, 0.717) is 31.7 Å². The number of rotatable bonds is 10. The fourth-order valence-corrected chi connectivity index (χ4v) is 2.53. The molecule has 27 heavy (non-hydrogen) atoms. The van der Waals surface area contributed by atoms with Crippen molar-refractivity contribution in [3.8, 4) is 5.75 Å². The van der Waals surface area contributed by atoms with E-state index in [1.165, 1.54) is 12.3 Å². The highest BCUT2D eigenvalue weighted by molar-refractivity contribution is 5.98. The Morgan fingerprint density at radius 1 is 1.04 bits per heavy atom. The summed E-state index contributed by atoms with van der Waals surface area (Å²) in [7, 11) is 3.23. The van der Waals surface area contributed by atoms with Gasteiger partial charge in [-0.3, -0.25) is 14.6 Å². The van der Waals surface area contributed by atoms with Crippen LogP contribution in [0.1, 0.15) is 32.8 Å². The van der Waals surface area contributed by atoms with Crippen molar-refractivity contribution in [1.82, 2.24) is 15.6 Å².